The van der Waals surface area contributed by atoms with Gasteiger partial charge in [-0.1, -0.05) is 31.5 Å². The van der Waals surface area contributed by atoms with Gasteiger partial charge in [0, 0.05) is 34.8 Å². The van der Waals surface area contributed by atoms with Crippen molar-refractivity contribution in [3.63, 3.8) is 0 Å². The number of para-hydroxylation sites is 1. The molecule has 1 aliphatic rings. The molecule has 1 amide bonds. The summed E-state index contributed by atoms with van der Waals surface area (Å²) in [7, 11) is 0. The number of aliphatic hydroxyl groups excluding tert-OH is 1. The molecule has 1 unspecified atom stereocenters. The molecule has 0 saturated carbocycles. The van der Waals surface area contributed by atoms with Gasteiger partial charge < -0.3 is 19.7 Å². The number of aliphatic hydroxyl groups is 1. The van der Waals surface area contributed by atoms with E-state index in [9.17, 15) is 14.7 Å². The van der Waals surface area contributed by atoms with Crippen molar-refractivity contribution in [2.45, 2.75) is 45.8 Å². The Morgan fingerprint density at radius 1 is 1.12 bits per heavy atom. The van der Waals surface area contributed by atoms with Crippen LogP contribution < -0.4 is 4.74 Å². The molecule has 2 aromatic carbocycles. The second kappa shape index (κ2) is 8.91. The molecule has 6 heteroatoms. The number of fused-ring (bicyclic) bond motifs is 1. The predicted molar refractivity (Wildman–Crippen MR) is 124 cm³/mol. The number of amides is 1. The fourth-order valence-electron chi connectivity index (χ4n) is 4.20. The molecule has 1 aliphatic heterocycles. The van der Waals surface area contributed by atoms with Crippen LogP contribution in [0.5, 0.6) is 5.75 Å². The molecular weight excluding hydrogens is 404 g/mol. The maximum absolute atomic E-state index is 13.1. The lowest BCUT2D eigenvalue weighted by molar-refractivity contribution is -0.139. The molecule has 4 rings (SSSR count). The number of Topliss-reactive ketones (excluding diaryl/α,β-unsaturated/α-hetero) is 1. The Kier molecular flexibility index (Phi) is 6.04. The molecule has 1 atom stereocenters. The lowest BCUT2D eigenvalue weighted by atomic mass is 9.95. The fraction of sp³-hybridized carbons (Fsp3) is 0.308. The molecule has 166 valence electrons. The van der Waals surface area contributed by atoms with Gasteiger partial charge in [0.05, 0.1) is 17.7 Å². The van der Waals surface area contributed by atoms with Crippen molar-refractivity contribution in [3.8, 4) is 5.75 Å². The van der Waals surface area contributed by atoms with Crippen LogP contribution in [-0.4, -0.2) is 39.3 Å². The fourth-order valence-corrected chi connectivity index (χ4v) is 4.20. The lowest BCUT2D eigenvalue weighted by Crippen LogP contribution is -2.30. The average molecular weight is 433 g/mol. The van der Waals surface area contributed by atoms with E-state index in [2.05, 4.69) is 4.98 Å². The van der Waals surface area contributed by atoms with Crippen molar-refractivity contribution in [1.82, 2.24) is 9.88 Å². The maximum atomic E-state index is 13.1. The van der Waals surface area contributed by atoms with Gasteiger partial charge in [0.1, 0.15) is 11.5 Å². The largest absolute Gasteiger partial charge is 0.507 e. The highest BCUT2D eigenvalue weighted by Crippen LogP contribution is 2.42. The third-order valence-electron chi connectivity index (χ3n) is 5.71. The van der Waals surface area contributed by atoms with Gasteiger partial charge in [0.15, 0.2) is 0 Å². The molecule has 0 spiro atoms. The predicted octanol–water partition coefficient (Wildman–Crippen LogP) is 5.18. The summed E-state index contributed by atoms with van der Waals surface area (Å²) in [6.07, 6.45) is 3.52. The minimum Gasteiger partial charge on any atom is -0.507 e. The molecule has 2 heterocycles. The number of benzene rings is 2. The number of nitrogens with one attached hydrogen (secondary N) is 1. The van der Waals surface area contributed by atoms with E-state index in [0.717, 1.165) is 29.3 Å². The standard InChI is InChI=1S/C26H28N2O4/c1-4-5-14-28-23(20-15-27-21-9-7-6-8-19(20)21)22(25(30)26(28)31)24(29)17-10-12-18(13-11-17)32-16(2)3/h6-13,15-16,23,27,29H,4-5,14H2,1-3H3/b24-22+. The zero-order valence-electron chi connectivity index (χ0n) is 18.6. The van der Waals surface area contributed by atoms with E-state index in [1.165, 1.54) is 0 Å². The SMILES string of the molecule is CCCCN1C(=O)C(=O)/C(=C(/O)c2ccc(OC(C)C)cc2)C1c1c[nH]c2ccccc12. The zero-order chi connectivity index (χ0) is 22.8. The summed E-state index contributed by atoms with van der Waals surface area (Å²) in [6, 6.07) is 14.0. The van der Waals surface area contributed by atoms with Gasteiger partial charge in [-0.15, -0.1) is 0 Å². The number of rotatable bonds is 7. The van der Waals surface area contributed by atoms with E-state index in [1.807, 2.05) is 51.2 Å². The topological polar surface area (TPSA) is 82.6 Å². The molecule has 2 N–H and O–H groups in total. The van der Waals surface area contributed by atoms with Gasteiger partial charge in [0.25, 0.3) is 11.7 Å². The molecule has 3 aromatic rings. The second-order valence-corrected chi connectivity index (χ2v) is 8.33. The first kappa shape index (κ1) is 21.7. The zero-order valence-corrected chi connectivity index (χ0v) is 18.6. The van der Waals surface area contributed by atoms with Crippen molar-refractivity contribution in [3.05, 3.63) is 71.4 Å². The normalized spacial score (nSPS) is 18.1. The van der Waals surface area contributed by atoms with Crippen LogP contribution in [0.2, 0.25) is 0 Å². The minimum absolute atomic E-state index is 0.0280. The Balaban J connectivity index is 1.84. The monoisotopic (exact) mass is 432 g/mol. The summed E-state index contributed by atoms with van der Waals surface area (Å²) in [6.45, 7) is 6.36. The first-order chi connectivity index (χ1) is 15.4. The Hall–Kier alpha value is -3.54. The molecular formula is C26H28N2O4. The van der Waals surface area contributed by atoms with Gasteiger partial charge in [-0.25, -0.2) is 0 Å². The van der Waals surface area contributed by atoms with E-state index >= 15 is 0 Å². The number of likely N-dealkylation sites (tertiary alicyclic amines) is 1. The van der Waals surface area contributed by atoms with Crippen LogP contribution in [-0.2, 0) is 9.59 Å². The Bertz CT molecular complexity index is 1170. The molecule has 1 fully saturated rings. The number of H-pyrrole nitrogens is 1. The maximum Gasteiger partial charge on any atom is 0.295 e. The second-order valence-electron chi connectivity index (χ2n) is 8.33. The summed E-state index contributed by atoms with van der Waals surface area (Å²) in [5, 5.41) is 12.1. The molecule has 1 saturated heterocycles. The van der Waals surface area contributed by atoms with Gasteiger partial charge in [-0.05, 0) is 50.6 Å². The van der Waals surface area contributed by atoms with Crippen molar-refractivity contribution in [2.24, 2.45) is 0 Å². The number of nitrogens with zero attached hydrogens (tertiary/aromatic N) is 1. The van der Waals surface area contributed by atoms with Crippen LogP contribution in [0.1, 0.15) is 50.8 Å². The van der Waals surface area contributed by atoms with Gasteiger partial charge in [-0.2, -0.15) is 0 Å². The quantitative estimate of drug-likeness (QED) is 0.306. The Labute approximate surface area is 187 Å². The number of hydrogen-bond donors (Lipinski definition) is 2. The van der Waals surface area contributed by atoms with Gasteiger partial charge in [-0.3, -0.25) is 9.59 Å². The number of aromatic nitrogens is 1. The Morgan fingerprint density at radius 3 is 2.53 bits per heavy atom. The van der Waals surface area contributed by atoms with Crippen molar-refractivity contribution < 1.29 is 19.4 Å². The van der Waals surface area contributed by atoms with E-state index in [-0.39, 0.29) is 17.4 Å². The van der Waals surface area contributed by atoms with Crippen LogP contribution in [0.4, 0.5) is 0 Å². The summed E-state index contributed by atoms with van der Waals surface area (Å²) >= 11 is 0. The van der Waals surface area contributed by atoms with Crippen molar-refractivity contribution >= 4 is 28.4 Å². The number of hydrogen-bond acceptors (Lipinski definition) is 4. The number of carbonyl (C=O) groups excluding carboxylic acids is 2. The third-order valence-corrected chi connectivity index (χ3v) is 5.71. The van der Waals surface area contributed by atoms with E-state index in [1.54, 1.807) is 29.2 Å². The highest BCUT2D eigenvalue weighted by molar-refractivity contribution is 6.46. The molecule has 0 radical (unpaired) electrons. The van der Waals surface area contributed by atoms with Gasteiger partial charge >= 0.3 is 0 Å². The first-order valence-electron chi connectivity index (χ1n) is 11.0. The molecule has 0 aliphatic carbocycles. The van der Waals surface area contributed by atoms with Gasteiger partial charge in [0.2, 0.25) is 0 Å². The van der Waals surface area contributed by atoms with E-state index in [4.69, 9.17) is 4.74 Å². The minimum atomic E-state index is -0.656. The van der Waals surface area contributed by atoms with E-state index in [0.29, 0.717) is 17.9 Å². The summed E-state index contributed by atoms with van der Waals surface area (Å²) < 4.78 is 5.67. The van der Waals surface area contributed by atoms with Crippen LogP contribution in [0.15, 0.2) is 60.3 Å². The van der Waals surface area contributed by atoms with Crippen LogP contribution in [0, 0.1) is 0 Å². The Morgan fingerprint density at radius 2 is 1.84 bits per heavy atom. The summed E-state index contributed by atoms with van der Waals surface area (Å²) in [5.74, 6) is -0.728. The number of unbranched alkanes of at least 4 members (excludes halogenated alkanes) is 1. The molecule has 6 nitrogen and oxygen atoms in total. The summed E-state index contributed by atoms with van der Waals surface area (Å²) in [5.41, 5.74) is 2.31. The average Bonchev–Trinajstić information content (AvgIpc) is 3.31. The van der Waals surface area contributed by atoms with Crippen LogP contribution in [0.25, 0.3) is 16.7 Å². The molecule has 0 bridgehead atoms. The smallest absolute Gasteiger partial charge is 0.295 e. The lowest BCUT2D eigenvalue weighted by Gasteiger charge is -2.24. The van der Waals surface area contributed by atoms with Crippen molar-refractivity contribution in [1.29, 1.82) is 0 Å². The van der Waals surface area contributed by atoms with Crippen LogP contribution >= 0.6 is 0 Å². The number of aromatic amines is 1. The highest BCUT2D eigenvalue weighted by atomic mass is 16.5. The molecule has 1 aromatic heterocycles. The first-order valence-corrected chi connectivity index (χ1v) is 11.0. The number of carbonyl (C=O) groups is 2. The number of ether oxygens (including phenoxy) is 1. The van der Waals surface area contributed by atoms with Crippen molar-refractivity contribution in [2.75, 3.05) is 6.54 Å². The van der Waals surface area contributed by atoms with E-state index < -0.39 is 17.7 Å². The summed E-state index contributed by atoms with van der Waals surface area (Å²) in [4.78, 5) is 30.9. The third kappa shape index (κ3) is 3.88. The molecule has 32 heavy (non-hydrogen) atoms. The highest BCUT2D eigenvalue weighted by Gasteiger charge is 2.46. The van der Waals surface area contributed by atoms with Crippen LogP contribution in [0.3, 0.4) is 0 Å². The number of ketones is 1.